The summed E-state index contributed by atoms with van der Waals surface area (Å²) < 4.78 is 43.2. The molecule has 0 bridgehead atoms. The summed E-state index contributed by atoms with van der Waals surface area (Å²) in [5, 5.41) is 9.05. The molecule has 1 heterocycles. The standard InChI is InChI=1S/C24H18F3N3O/c1-16-6-8-17(9-7-16)12-13-29-21-4-2-3-5-22(21)30(23(29)31)19-11-10-18(15-28)20(14-19)24(25,26)27/h2-11,14H,12-13H2,1H3. The Balaban J connectivity index is 1.83. The van der Waals surface area contributed by atoms with Gasteiger partial charge in [0.1, 0.15) is 0 Å². The Morgan fingerprint density at radius 2 is 1.65 bits per heavy atom. The van der Waals surface area contributed by atoms with Crippen molar-refractivity contribution in [3.8, 4) is 11.8 Å². The molecular weight excluding hydrogens is 403 g/mol. The highest BCUT2D eigenvalue weighted by atomic mass is 19.4. The number of aromatic nitrogens is 2. The minimum Gasteiger partial charge on any atom is -0.291 e. The van der Waals surface area contributed by atoms with Gasteiger partial charge in [0, 0.05) is 6.54 Å². The van der Waals surface area contributed by atoms with Gasteiger partial charge in [-0.2, -0.15) is 18.4 Å². The van der Waals surface area contributed by atoms with Crippen molar-refractivity contribution in [2.24, 2.45) is 0 Å². The third kappa shape index (κ3) is 3.84. The molecule has 0 aliphatic rings. The van der Waals surface area contributed by atoms with E-state index in [1.807, 2.05) is 31.2 Å². The maximum atomic E-state index is 13.4. The average molecular weight is 421 g/mol. The molecule has 0 atom stereocenters. The maximum absolute atomic E-state index is 13.4. The van der Waals surface area contributed by atoms with E-state index in [-0.39, 0.29) is 5.69 Å². The number of hydrogen-bond acceptors (Lipinski definition) is 2. The molecule has 0 unspecified atom stereocenters. The van der Waals surface area contributed by atoms with Gasteiger partial charge in [-0.15, -0.1) is 0 Å². The number of imidazole rings is 1. The zero-order valence-corrected chi connectivity index (χ0v) is 16.6. The van der Waals surface area contributed by atoms with Crippen molar-refractivity contribution in [1.29, 1.82) is 5.26 Å². The first-order chi connectivity index (χ1) is 14.8. The number of alkyl halides is 3. The second-order valence-electron chi connectivity index (χ2n) is 7.33. The minimum atomic E-state index is -4.70. The van der Waals surface area contributed by atoms with Gasteiger partial charge in [-0.05, 0) is 49.2 Å². The van der Waals surface area contributed by atoms with E-state index >= 15 is 0 Å². The van der Waals surface area contributed by atoms with Crippen LogP contribution in [-0.4, -0.2) is 9.13 Å². The smallest absolute Gasteiger partial charge is 0.291 e. The number of hydrogen-bond donors (Lipinski definition) is 0. The zero-order valence-electron chi connectivity index (χ0n) is 16.6. The van der Waals surface area contributed by atoms with Gasteiger partial charge in [0.25, 0.3) is 0 Å². The van der Waals surface area contributed by atoms with E-state index in [0.29, 0.717) is 24.0 Å². The van der Waals surface area contributed by atoms with Crippen LogP contribution in [-0.2, 0) is 19.1 Å². The monoisotopic (exact) mass is 421 g/mol. The molecule has 31 heavy (non-hydrogen) atoms. The lowest BCUT2D eigenvalue weighted by molar-refractivity contribution is -0.137. The molecule has 4 rings (SSSR count). The molecule has 3 aromatic carbocycles. The van der Waals surface area contributed by atoms with E-state index < -0.39 is 23.0 Å². The second-order valence-corrected chi connectivity index (χ2v) is 7.33. The molecule has 0 saturated heterocycles. The number of nitrogens with zero attached hydrogens (tertiary/aromatic N) is 3. The van der Waals surface area contributed by atoms with E-state index in [4.69, 9.17) is 5.26 Å². The summed E-state index contributed by atoms with van der Waals surface area (Å²) in [4.78, 5) is 13.3. The van der Waals surface area contributed by atoms with Crippen LogP contribution in [0.25, 0.3) is 16.7 Å². The normalized spacial score (nSPS) is 11.6. The fraction of sp³-hybridized carbons (Fsp3) is 0.167. The zero-order chi connectivity index (χ0) is 22.2. The summed E-state index contributed by atoms with van der Waals surface area (Å²) in [6, 6.07) is 19.9. The Bertz CT molecular complexity index is 1360. The molecule has 7 heteroatoms. The maximum Gasteiger partial charge on any atom is 0.417 e. The van der Waals surface area contributed by atoms with Gasteiger partial charge in [0.15, 0.2) is 0 Å². The fourth-order valence-corrected chi connectivity index (χ4v) is 3.67. The molecule has 4 aromatic rings. The number of halogens is 3. The SMILES string of the molecule is Cc1ccc(CCn2c(=O)n(-c3ccc(C#N)c(C(F)(F)F)c3)c3ccccc32)cc1. The van der Waals surface area contributed by atoms with Crippen molar-refractivity contribution in [2.75, 3.05) is 0 Å². The number of nitriles is 1. The van der Waals surface area contributed by atoms with Crippen molar-refractivity contribution >= 4 is 11.0 Å². The van der Waals surface area contributed by atoms with Crippen molar-refractivity contribution in [3.05, 3.63) is 99.5 Å². The summed E-state index contributed by atoms with van der Waals surface area (Å²) in [7, 11) is 0. The van der Waals surface area contributed by atoms with Gasteiger partial charge >= 0.3 is 11.9 Å². The number of para-hydroxylation sites is 2. The molecule has 0 aliphatic heterocycles. The molecule has 0 saturated carbocycles. The van der Waals surface area contributed by atoms with Gasteiger partial charge in [-0.1, -0.05) is 42.0 Å². The molecule has 0 spiro atoms. The molecule has 4 nitrogen and oxygen atoms in total. The molecule has 1 aromatic heterocycles. The van der Waals surface area contributed by atoms with Crippen LogP contribution in [0.1, 0.15) is 22.3 Å². The van der Waals surface area contributed by atoms with Crippen molar-refractivity contribution in [1.82, 2.24) is 9.13 Å². The van der Waals surface area contributed by atoms with E-state index in [1.165, 1.54) is 10.6 Å². The molecule has 0 radical (unpaired) electrons. The number of aryl methyl sites for hydroxylation is 3. The minimum absolute atomic E-state index is 0.0709. The number of rotatable bonds is 4. The van der Waals surface area contributed by atoms with Crippen LogP contribution < -0.4 is 5.69 Å². The predicted molar refractivity (Wildman–Crippen MR) is 112 cm³/mol. The first-order valence-electron chi connectivity index (χ1n) is 9.67. The number of benzene rings is 3. The Hall–Kier alpha value is -3.79. The molecule has 0 fully saturated rings. The summed E-state index contributed by atoms with van der Waals surface area (Å²) in [6.07, 6.45) is -4.09. The third-order valence-corrected chi connectivity index (χ3v) is 5.27. The van der Waals surface area contributed by atoms with Crippen molar-refractivity contribution < 1.29 is 13.2 Å². The summed E-state index contributed by atoms with van der Waals surface area (Å²) in [5.74, 6) is 0. The van der Waals surface area contributed by atoms with Crippen LogP contribution >= 0.6 is 0 Å². The molecule has 0 amide bonds. The van der Waals surface area contributed by atoms with Gasteiger partial charge in [-0.25, -0.2) is 4.79 Å². The van der Waals surface area contributed by atoms with Crippen molar-refractivity contribution in [3.63, 3.8) is 0 Å². The third-order valence-electron chi connectivity index (χ3n) is 5.27. The van der Waals surface area contributed by atoms with Crippen molar-refractivity contribution in [2.45, 2.75) is 26.1 Å². The lowest BCUT2D eigenvalue weighted by atomic mass is 10.1. The summed E-state index contributed by atoms with van der Waals surface area (Å²) in [6.45, 7) is 2.38. The Morgan fingerprint density at radius 1 is 0.968 bits per heavy atom. The Kier molecular flexibility index (Phi) is 5.15. The fourth-order valence-electron chi connectivity index (χ4n) is 3.67. The highest BCUT2D eigenvalue weighted by Gasteiger charge is 2.34. The van der Waals surface area contributed by atoms with E-state index in [2.05, 4.69) is 0 Å². The lowest BCUT2D eigenvalue weighted by Crippen LogP contribution is -2.24. The van der Waals surface area contributed by atoms with Gasteiger partial charge < -0.3 is 0 Å². The molecule has 156 valence electrons. The highest BCUT2D eigenvalue weighted by Crippen LogP contribution is 2.33. The number of fused-ring (bicyclic) bond motifs is 1. The largest absolute Gasteiger partial charge is 0.417 e. The first-order valence-corrected chi connectivity index (χ1v) is 9.67. The van der Waals surface area contributed by atoms with E-state index in [0.717, 1.165) is 23.3 Å². The van der Waals surface area contributed by atoms with Crippen LogP contribution in [0, 0.1) is 18.3 Å². The molecule has 0 N–H and O–H groups in total. The van der Waals surface area contributed by atoms with Gasteiger partial charge in [-0.3, -0.25) is 9.13 Å². The summed E-state index contributed by atoms with van der Waals surface area (Å²) >= 11 is 0. The molecule has 0 aliphatic carbocycles. The van der Waals surface area contributed by atoms with Crippen LogP contribution in [0.5, 0.6) is 0 Å². The predicted octanol–water partition coefficient (Wildman–Crippen LogP) is 5.23. The quantitative estimate of drug-likeness (QED) is 0.453. The van der Waals surface area contributed by atoms with E-state index in [9.17, 15) is 18.0 Å². The second kappa shape index (κ2) is 7.80. The lowest BCUT2D eigenvalue weighted by Gasteiger charge is -2.11. The van der Waals surface area contributed by atoms with Gasteiger partial charge in [0.2, 0.25) is 0 Å². The topological polar surface area (TPSA) is 50.7 Å². The van der Waals surface area contributed by atoms with Crippen LogP contribution in [0.3, 0.4) is 0 Å². The average Bonchev–Trinajstić information content (AvgIpc) is 3.03. The first kappa shape index (κ1) is 20.5. The van der Waals surface area contributed by atoms with Crippen LogP contribution in [0.4, 0.5) is 13.2 Å². The van der Waals surface area contributed by atoms with Gasteiger partial charge in [0.05, 0.1) is 33.9 Å². The Morgan fingerprint density at radius 3 is 2.29 bits per heavy atom. The van der Waals surface area contributed by atoms with Crippen LogP contribution in [0.2, 0.25) is 0 Å². The van der Waals surface area contributed by atoms with E-state index in [1.54, 1.807) is 34.9 Å². The highest BCUT2D eigenvalue weighted by molar-refractivity contribution is 5.78. The summed E-state index contributed by atoms with van der Waals surface area (Å²) in [5.41, 5.74) is 1.45. The Labute approximate surface area is 176 Å². The van der Waals surface area contributed by atoms with Crippen LogP contribution in [0.15, 0.2) is 71.5 Å². The molecular formula is C24H18F3N3O.